The predicted octanol–water partition coefficient (Wildman–Crippen LogP) is 19.8. The second kappa shape index (κ2) is 27.2. The van der Waals surface area contributed by atoms with E-state index in [4.69, 9.17) is 10.8 Å². The average molecular weight is 940 g/mol. The van der Waals surface area contributed by atoms with E-state index in [-0.39, 0.29) is 0 Å². The van der Waals surface area contributed by atoms with Gasteiger partial charge in [0.1, 0.15) is 0 Å². The van der Waals surface area contributed by atoms with Crippen LogP contribution >= 0.6 is 0 Å². The molecule has 5 fully saturated rings. The van der Waals surface area contributed by atoms with Gasteiger partial charge in [0.05, 0.1) is 0 Å². The largest absolute Gasteiger partial charge is 0.396 e. The molecule has 0 bridgehead atoms. The Morgan fingerprint density at radius 1 is 0.612 bits per heavy atom. The molecule has 67 heavy (non-hydrogen) atoms. The summed E-state index contributed by atoms with van der Waals surface area (Å²) in [5, 5.41) is 8.73. The Morgan fingerprint density at radius 2 is 1.04 bits per heavy atom. The number of rotatable bonds is 10. The number of aliphatic hydroxyl groups excluding tert-OH is 1. The summed E-state index contributed by atoms with van der Waals surface area (Å²) < 4.78 is 0. The Balaban J connectivity index is 0.000000767. The highest BCUT2D eigenvalue weighted by Crippen LogP contribution is 2.69. The van der Waals surface area contributed by atoms with Crippen molar-refractivity contribution in [1.82, 2.24) is 4.98 Å². The van der Waals surface area contributed by atoms with Crippen LogP contribution < -0.4 is 5.73 Å². The third-order valence-corrected chi connectivity index (χ3v) is 17.2. The van der Waals surface area contributed by atoms with E-state index in [1.807, 2.05) is 18.5 Å². The standard InChI is InChI=1S/C12H17N.C11H20.C10H18.C9H20O.C8H19N.2C7H16/c1-11(2,3)12(6-7-12)10-5-4-8-13-9-10;1-11(2,3)10(8-4-5-8)9-6-7-9;1-9(2,3)10(6-7-10)8-4-5-8;1-5-8(6-7-10)9(2,3)4;1-5-7(6-9)8(2,3)4;1-6(2)7(3,4)5;1-5-6-7(2,3)4/h4-5,8-9H,6-7H2,1-3H3;8-10H,4-7H2,1-3H3;8H,4-7H2,1-3H3;8,10H,5-7H2,1-4H3;7H,5-6,9H2,1-4H3;6H,1-5H3;5-6H2,1-4H3. The lowest BCUT2D eigenvalue weighted by Gasteiger charge is -2.31. The van der Waals surface area contributed by atoms with Crippen LogP contribution in [0.3, 0.4) is 0 Å². The molecule has 0 aliphatic heterocycles. The van der Waals surface area contributed by atoms with Crippen LogP contribution in [-0.4, -0.2) is 23.2 Å². The maximum atomic E-state index is 8.73. The van der Waals surface area contributed by atoms with Gasteiger partial charge in [0, 0.05) is 24.4 Å². The van der Waals surface area contributed by atoms with Crippen molar-refractivity contribution in [3.05, 3.63) is 30.1 Å². The lowest BCUT2D eigenvalue weighted by Crippen LogP contribution is -2.27. The second-order valence-electron chi connectivity index (χ2n) is 30.3. The summed E-state index contributed by atoms with van der Waals surface area (Å²) in [5.74, 6) is 6.54. The molecule has 5 aliphatic carbocycles. The second-order valence-corrected chi connectivity index (χ2v) is 30.3. The van der Waals surface area contributed by atoms with Crippen molar-refractivity contribution in [3.63, 3.8) is 0 Å². The summed E-state index contributed by atoms with van der Waals surface area (Å²) in [4.78, 5) is 4.20. The van der Waals surface area contributed by atoms with Gasteiger partial charge in [-0.25, -0.2) is 0 Å². The van der Waals surface area contributed by atoms with E-state index in [2.05, 4.69) is 191 Å². The molecule has 1 aromatic heterocycles. The van der Waals surface area contributed by atoms with Crippen molar-refractivity contribution in [2.45, 2.75) is 282 Å². The SMILES string of the molecule is CC(C)(C)C(C1CC1)C1CC1.CC(C)(C)C1(C2CC2)CC1.CC(C)(C)C1(c2cccnc2)CC1.CC(C)C(C)(C)C.CCC(CCO)C(C)(C)C.CCC(CN)C(C)(C)C.CCCC(C)(C)C. The minimum Gasteiger partial charge on any atom is -0.396 e. The Morgan fingerprint density at radius 3 is 1.18 bits per heavy atom. The van der Waals surface area contributed by atoms with Gasteiger partial charge in [0.25, 0.3) is 0 Å². The number of hydrogen-bond donors (Lipinski definition) is 2. The van der Waals surface area contributed by atoms with Gasteiger partial charge in [-0.2, -0.15) is 0 Å². The lowest BCUT2D eigenvalue weighted by atomic mass is 9.74. The van der Waals surface area contributed by atoms with Crippen molar-refractivity contribution in [3.8, 4) is 0 Å². The maximum Gasteiger partial charge on any atom is 0.0433 e. The first kappa shape index (κ1) is 66.1. The molecular formula is C64H126N2O. The molecule has 0 amide bonds. The Kier molecular flexibility index (Phi) is 26.8. The van der Waals surface area contributed by atoms with Crippen molar-refractivity contribution in [1.29, 1.82) is 0 Å². The van der Waals surface area contributed by atoms with E-state index >= 15 is 0 Å². The van der Waals surface area contributed by atoms with Crippen LogP contribution in [0.5, 0.6) is 0 Å². The van der Waals surface area contributed by atoms with Crippen LogP contribution in [0, 0.1) is 84.7 Å². The van der Waals surface area contributed by atoms with E-state index in [1.165, 1.54) is 95.5 Å². The Labute approximate surface area is 423 Å². The number of pyridine rings is 1. The zero-order valence-corrected chi connectivity index (χ0v) is 50.8. The highest BCUT2D eigenvalue weighted by atomic mass is 16.3. The quantitative estimate of drug-likeness (QED) is 0.246. The normalized spacial score (nSPS) is 19.7. The summed E-state index contributed by atoms with van der Waals surface area (Å²) in [6, 6.07) is 4.26. The van der Waals surface area contributed by atoms with Crippen LogP contribution in [-0.2, 0) is 5.41 Å². The molecule has 0 radical (unpaired) electrons. The highest BCUT2D eigenvalue weighted by molar-refractivity contribution is 5.31. The Bertz CT molecular complexity index is 1390. The van der Waals surface area contributed by atoms with E-state index < -0.39 is 0 Å². The molecule has 2 atom stereocenters. The maximum absolute atomic E-state index is 8.73. The molecule has 1 aromatic rings. The van der Waals surface area contributed by atoms with E-state index in [0.717, 1.165) is 48.0 Å². The number of aliphatic hydroxyl groups is 1. The van der Waals surface area contributed by atoms with Crippen molar-refractivity contribution in [2.75, 3.05) is 13.2 Å². The van der Waals surface area contributed by atoms with Crippen LogP contribution in [0.15, 0.2) is 24.5 Å². The third kappa shape index (κ3) is 25.3. The van der Waals surface area contributed by atoms with Gasteiger partial charge in [-0.05, 0) is 180 Å². The molecule has 3 nitrogen and oxygen atoms in total. The monoisotopic (exact) mass is 939 g/mol. The third-order valence-electron chi connectivity index (χ3n) is 17.2. The fourth-order valence-electron chi connectivity index (χ4n) is 10.8. The van der Waals surface area contributed by atoms with E-state index in [1.54, 1.807) is 0 Å². The molecule has 3 heteroatoms. The zero-order valence-electron chi connectivity index (χ0n) is 50.8. The molecule has 5 aliphatic rings. The molecule has 6 rings (SSSR count). The lowest BCUT2D eigenvalue weighted by molar-refractivity contribution is 0.169. The van der Waals surface area contributed by atoms with Crippen molar-refractivity contribution < 1.29 is 5.11 Å². The minimum absolute atomic E-state index is 0.329. The minimum atomic E-state index is 0.329. The number of nitrogens with two attached hydrogens (primary N) is 1. The molecule has 2 unspecified atom stereocenters. The van der Waals surface area contributed by atoms with Crippen LogP contribution in [0.4, 0.5) is 0 Å². The van der Waals surface area contributed by atoms with Gasteiger partial charge < -0.3 is 10.8 Å². The number of nitrogens with zero attached hydrogens (tertiary/aromatic N) is 1. The Hall–Kier alpha value is -0.930. The van der Waals surface area contributed by atoms with Crippen LogP contribution in [0.2, 0.25) is 0 Å². The van der Waals surface area contributed by atoms with Crippen molar-refractivity contribution >= 4 is 0 Å². The smallest absolute Gasteiger partial charge is 0.0433 e. The predicted molar refractivity (Wildman–Crippen MR) is 303 cm³/mol. The first-order valence-electron chi connectivity index (χ1n) is 28.5. The molecular weight excluding hydrogens is 813 g/mol. The summed E-state index contributed by atoms with van der Waals surface area (Å²) >= 11 is 0. The summed E-state index contributed by atoms with van der Waals surface area (Å²) in [6.07, 6.45) is 24.7. The van der Waals surface area contributed by atoms with E-state index in [9.17, 15) is 0 Å². The first-order chi connectivity index (χ1) is 30.3. The van der Waals surface area contributed by atoms with Gasteiger partial charge in [0.2, 0.25) is 0 Å². The van der Waals surface area contributed by atoms with Crippen LogP contribution in [0.1, 0.15) is 282 Å². The van der Waals surface area contributed by atoms with Gasteiger partial charge in [-0.3, -0.25) is 4.98 Å². The highest BCUT2D eigenvalue weighted by Gasteiger charge is 2.60. The molecule has 1 heterocycles. The van der Waals surface area contributed by atoms with Gasteiger partial charge in [-0.1, -0.05) is 205 Å². The summed E-state index contributed by atoms with van der Waals surface area (Å²) in [5.41, 5.74) is 11.6. The van der Waals surface area contributed by atoms with Gasteiger partial charge in [0.15, 0.2) is 0 Å². The fraction of sp³-hybridized carbons (Fsp3) is 0.922. The first-order valence-corrected chi connectivity index (χ1v) is 28.5. The summed E-state index contributed by atoms with van der Waals surface area (Å²) in [7, 11) is 0. The van der Waals surface area contributed by atoms with Gasteiger partial charge >= 0.3 is 0 Å². The molecule has 398 valence electrons. The molecule has 0 aromatic carbocycles. The fourth-order valence-corrected chi connectivity index (χ4v) is 10.8. The van der Waals surface area contributed by atoms with E-state index in [0.29, 0.717) is 61.8 Å². The average Bonchev–Trinajstić information content (AvgIpc) is 3.95. The zero-order chi connectivity index (χ0) is 52.7. The molecule has 0 saturated heterocycles. The topological polar surface area (TPSA) is 59.1 Å². The number of aromatic nitrogens is 1. The summed E-state index contributed by atoms with van der Waals surface area (Å²) in [6.45, 7) is 60.8. The van der Waals surface area contributed by atoms with Gasteiger partial charge in [-0.15, -0.1) is 0 Å². The molecule has 3 N–H and O–H groups in total. The molecule has 0 spiro atoms. The van der Waals surface area contributed by atoms with Crippen LogP contribution in [0.25, 0.3) is 0 Å². The number of hydrogen-bond acceptors (Lipinski definition) is 3. The van der Waals surface area contributed by atoms with Crippen molar-refractivity contribution in [2.24, 2.45) is 90.5 Å². The molecule has 5 saturated carbocycles.